The maximum atomic E-state index is 12.4. The molecule has 2 aromatic rings. The first-order valence-electron chi connectivity index (χ1n) is 11.1. The van der Waals surface area contributed by atoms with Gasteiger partial charge in [0, 0.05) is 53.9 Å². The van der Waals surface area contributed by atoms with Crippen molar-refractivity contribution in [2.24, 2.45) is 4.99 Å². The fourth-order valence-electron chi connectivity index (χ4n) is 4.01. The number of anilines is 1. The van der Waals surface area contributed by atoms with Gasteiger partial charge in [0.25, 0.3) is 20.2 Å². The van der Waals surface area contributed by atoms with E-state index in [1.165, 1.54) is 0 Å². The van der Waals surface area contributed by atoms with Crippen LogP contribution in [-0.2, 0) is 20.2 Å². The molecule has 1 aliphatic rings. The minimum absolute atomic E-state index is 0. The summed E-state index contributed by atoms with van der Waals surface area (Å²) >= 11 is 0. The molecule has 0 heterocycles. The molecule has 9 nitrogen and oxygen atoms in total. The molecule has 3 rings (SSSR count). The Labute approximate surface area is 239 Å². The first kappa shape index (κ1) is 31.0. The van der Waals surface area contributed by atoms with Gasteiger partial charge >= 0.3 is 0 Å². The number of hydrogen-bond acceptors (Lipinski definition) is 7. The van der Waals surface area contributed by atoms with Crippen LogP contribution in [0.15, 0.2) is 74.5 Å². The Morgan fingerprint density at radius 3 is 2.11 bits per heavy atom. The molecule has 0 fully saturated rings. The van der Waals surface area contributed by atoms with E-state index < -0.39 is 35.8 Å². The van der Waals surface area contributed by atoms with E-state index in [4.69, 9.17) is 0 Å². The van der Waals surface area contributed by atoms with E-state index in [1.54, 1.807) is 24.3 Å². The van der Waals surface area contributed by atoms with Crippen molar-refractivity contribution in [3.8, 4) is 5.75 Å². The molecule has 1 radical (unpaired) electrons. The van der Waals surface area contributed by atoms with Gasteiger partial charge in [0.15, 0.2) is 0 Å². The molecular formula is C25H28N2NaO7S2. The van der Waals surface area contributed by atoms with Crippen LogP contribution in [0.3, 0.4) is 0 Å². The third kappa shape index (κ3) is 6.99. The maximum absolute atomic E-state index is 12.4. The zero-order valence-electron chi connectivity index (χ0n) is 21.3. The molecule has 0 saturated carbocycles. The van der Waals surface area contributed by atoms with Gasteiger partial charge in [-0.05, 0) is 92.0 Å². The van der Waals surface area contributed by atoms with Crippen LogP contribution in [0, 0.1) is 6.92 Å². The topological polar surface area (TPSA) is 153 Å². The van der Waals surface area contributed by atoms with Gasteiger partial charge in [-0.25, -0.2) is 0 Å². The number of aromatic hydroxyl groups is 1. The van der Waals surface area contributed by atoms with Crippen LogP contribution < -0.4 is 5.32 Å². The summed E-state index contributed by atoms with van der Waals surface area (Å²) in [5.74, 6) is -0.868. The van der Waals surface area contributed by atoms with Gasteiger partial charge in [-0.2, -0.15) is 16.8 Å². The van der Waals surface area contributed by atoms with Gasteiger partial charge in [0.1, 0.15) is 15.5 Å². The van der Waals surface area contributed by atoms with Gasteiger partial charge in [0.2, 0.25) is 0 Å². The smallest absolute Gasteiger partial charge is 0.298 e. The van der Waals surface area contributed by atoms with Crippen LogP contribution in [0.4, 0.5) is 5.69 Å². The quantitative estimate of drug-likeness (QED) is 0.295. The second kappa shape index (κ2) is 12.1. The Bertz CT molecular complexity index is 1560. The van der Waals surface area contributed by atoms with Crippen molar-refractivity contribution in [3.05, 3.63) is 76.4 Å². The van der Waals surface area contributed by atoms with Crippen molar-refractivity contribution in [2.45, 2.75) is 37.5 Å². The minimum atomic E-state index is -4.99. The van der Waals surface area contributed by atoms with Gasteiger partial charge < -0.3 is 10.4 Å². The normalized spacial score (nSPS) is 16.3. The number of nitrogens with one attached hydrogen (secondary N) is 1. The molecule has 0 saturated heterocycles. The van der Waals surface area contributed by atoms with E-state index in [0.717, 1.165) is 28.6 Å². The molecular weight excluding hydrogens is 527 g/mol. The summed E-state index contributed by atoms with van der Waals surface area (Å²) in [5.41, 5.74) is 4.55. The van der Waals surface area contributed by atoms with Crippen LogP contribution in [0.2, 0.25) is 0 Å². The van der Waals surface area contributed by atoms with E-state index in [0.29, 0.717) is 35.9 Å². The Kier molecular flexibility index (Phi) is 10.1. The van der Waals surface area contributed by atoms with Crippen molar-refractivity contribution in [1.29, 1.82) is 0 Å². The van der Waals surface area contributed by atoms with E-state index in [9.17, 15) is 31.0 Å². The molecule has 12 heteroatoms. The molecule has 0 aliphatic heterocycles. The van der Waals surface area contributed by atoms with Crippen molar-refractivity contribution in [3.63, 3.8) is 0 Å². The predicted molar refractivity (Wildman–Crippen MR) is 146 cm³/mol. The van der Waals surface area contributed by atoms with Crippen molar-refractivity contribution >= 4 is 66.8 Å². The second-order valence-electron chi connectivity index (χ2n) is 8.18. The number of aliphatic imine (C=N–C) groups is 1. The number of hydrogen-bond donors (Lipinski definition) is 4. The number of aryl methyl sites for hydroxylation is 1. The Morgan fingerprint density at radius 2 is 1.59 bits per heavy atom. The molecule has 37 heavy (non-hydrogen) atoms. The number of rotatable bonds is 7. The van der Waals surface area contributed by atoms with Gasteiger partial charge in [-0.15, -0.1) is 0 Å². The summed E-state index contributed by atoms with van der Waals surface area (Å²) in [7, 11) is -9.97. The summed E-state index contributed by atoms with van der Waals surface area (Å²) in [6.45, 7) is 8.83. The van der Waals surface area contributed by atoms with Gasteiger partial charge in [0.05, 0.1) is 5.71 Å². The van der Waals surface area contributed by atoms with E-state index in [-0.39, 0.29) is 35.1 Å². The van der Waals surface area contributed by atoms with Crippen molar-refractivity contribution in [2.75, 3.05) is 18.4 Å². The van der Waals surface area contributed by atoms with Crippen LogP contribution in [-0.4, -0.2) is 79.4 Å². The van der Waals surface area contributed by atoms with E-state index in [2.05, 4.69) is 10.3 Å². The number of phenols is 1. The molecule has 4 N–H and O–H groups in total. The second-order valence-corrected chi connectivity index (χ2v) is 11.0. The molecule has 1 aliphatic carbocycles. The average molecular weight is 556 g/mol. The fraction of sp³-hybridized carbons (Fsp3) is 0.240. The summed E-state index contributed by atoms with van der Waals surface area (Å²) in [4.78, 5) is 2.60. The Morgan fingerprint density at radius 1 is 0.946 bits per heavy atom. The van der Waals surface area contributed by atoms with Crippen LogP contribution in [0.1, 0.15) is 37.5 Å². The summed E-state index contributed by atoms with van der Waals surface area (Å²) in [6, 6.07) is 6.84. The molecule has 0 spiro atoms. The standard InChI is InChI=1S/C25H28N2O7S2.Na/c1-5-26-20-9-7-17(11-15(20)3)25(18-8-10-21(27-6-2)16(4)12-18)19-13-22(28)24(36(32,33)34)14-23(19)35(29,30)31;/h7-14,26,28H,5-6H2,1-4H3,(H,29,30,31)(H,32,33,34);. The minimum Gasteiger partial charge on any atom is -0.506 e. The van der Waals surface area contributed by atoms with Crippen molar-refractivity contribution in [1.82, 2.24) is 0 Å². The predicted octanol–water partition coefficient (Wildman–Crippen LogP) is 4.02. The maximum Gasteiger partial charge on any atom is 0.298 e. The van der Waals surface area contributed by atoms with Gasteiger partial charge in [-0.1, -0.05) is 12.1 Å². The zero-order valence-corrected chi connectivity index (χ0v) is 24.9. The molecule has 0 bridgehead atoms. The number of allylic oxidation sites excluding steroid dienone is 5. The molecule has 2 aromatic carbocycles. The summed E-state index contributed by atoms with van der Waals surface area (Å²) in [5, 5.41) is 13.7. The van der Waals surface area contributed by atoms with Gasteiger partial charge in [-0.3, -0.25) is 14.1 Å². The number of phenolic OH excluding ortho intramolecular Hbond substituents is 1. The summed E-state index contributed by atoms with van der Waals surface area (Å²) < 4.78 is 67.7. The average Bonchev–Trinajstić information content (AvgIpc) is 2.76. The van der Waals surface area contributed by atoms with Crippen molar-refractivity contribution < 1.29 is 31.0 Å². The third-order valence-corrected chi connectivity index (χ3v) is 7.36. The summed E-state index contributed by atoms with van der Waals surface area (Å²) in [6.07, 6.45) is 5.29. The van der Waals surface area contributed by atoms with E-state index in [1.807, 2.05) is 39.8 Å². The SMILES string of the molecule is CCN=C1C=CC(=C(c2ccc(NCC)c(C)c2)c2cc(O)c(S(=O)(=O)O)cc2S(=O)(=O)O)C=C1C.[Na]. The van der Waals surface area contributed by atoms with Crippen LogP contribution >= 0.6 is 0 Å². The van der Waals surface area contributed by atoms with Crippen LogP contribution in [0.5, 0.6) is 5.75 Å². The molecule has 0 amide bonds. The Balaban J connectivity index is 0.00000481. The molecule has 193 valence electrons. The fourth-order valence-corrected chi connectivity index (χ4v) is 5.38. The molecule has 0 atom stereocenters. The third-order valence-electron chi connectivity index (χ3n) is 5.58. The molecule has 0 aromatic heterocycles. The number of benzene rings is 2. The largest absolute Gasteiger partial charge is 0.506 e. The zero-order chi connectivity index (χ0) is 26.8. The van der Waals surface area contributed by atoms with Crippen LogP contribution in [0.25, 0.3) is 5.57 Å². The molecule has 0 unspecified atom stereocenters. The monoisotopic (exact) mass is 555 g/mol. The Hall–Kier alpha value is -2.25. The number of nitrogens with zero attached hydrogens (tertiary/aromatic N) is 1. The van der Waals surface area contributed by atoms with E-state index >= 15 is 0 Å². The first-order chi connectivity index (χ1) is 16.8. The first-order valence-corrected chi connectivity index (χ1v) is 14.0.